The predicted molar refractivity (Wildman–Crippen MR) is 97.1 cm³/mol. The van der Waals surface area contributed by atoms with Gasteiger partial charge >= 0.3 is 0 Å². The largest absolute Gasteiger partial charge is 0.342 e. The van der Waals surface area contributed by atoms with E-state index in [9.17, 15) is 9.59 Å². The molecule has 132 valence electrons. The minimum absolute atomic E-state index is 0.000590. The predicted octanol–water partition coefficient (Wildman–Crippen LogP) is 3.50. The van der Waals surface area contributed by atoms with Crippen LogP contribution in [0.5, 0.6) is 0 Å². The van der Waals surface area contributed by atoms with Crippen LogP contribution in [-0.2, 0) is 9.59 Å². The first-order valence-corrected chi connectivity index (χ1v) is 8.19. The molecule has 0 aromatic carbocycles. The van der Waals surface area contributed by atoms with E-state index in [0.717, 1.165) is 19.4 Å². The van der Waals surface area contributed by atoms with Crippen molar-refractivity contribution >= 4 is 11.8 Å². The monoisotopic (exact) mass is 322 g/mol. The van der Waals surface area contributed by atoms with Crippen molar-refractivity contribution in [3.05, 3.63) is 24.3 Å². The van der Waals surface area contributed by atoms with E-state index in [-0.39, 0.29) is 17.2 Å². The molecule has 0 aromatic heterocycles. The second-order valence-electron chi connectivity index (χ2n) is 7.70. The summed E-state index contributed by atoms with van der Waals surface area (Å²) in [5.41, 5.74) is 1.24. The standard InChI is InChI=1S/C19H34N2O2/c1-14(2)17(22)20(8)11-10-19(6,7)12-16(5)13-21(9)18(23)15(3)4/h16H,1,3,10-13H2,2,4-9H3. The Hall–Kier alpha value is -1.58. The van der Waals surface area contributed by atoms with Crippen LogP contribution in [0.1, 0.15) is 47.5 Å². The summed E-state index contributed by atoms with van der Waals surface area (Å²) in [6.45, 7) is 18.9. The lowest BCUT2D eigenvalue weighted by Crippen LogP contribution is -2.34. The number of likely N-dealkylation sites (N-methyl/N-ethyl adjacent to an activating group) is 2. The van der Waals surface area contributed by atoms with Crippen LogP contribution in [-0.4, -0.2) is 48.8 Å². The molecule has 0 radical (unpaired) electrons. The first-order chi connectivity index (χ1) is 10.4. The van der Waals surface area contributed by atoms with Crippen LogP contribution in [0.2, 0.25) is 0 Å². The van der Waals surface area contributed by atoms with E-state index >= 15 is 0 Å². The molecular weight excluding hydrogens is 288 g/mol. The van der Waals surface area contributed by atoms with Crippen molar-refractivity contribution in [1.82, 2.24) is 9.80 Å². The maximum Gasteiger partial charge on any atom is 0.248 e. The maximum absolute atomic E-state index is 11.9. The number of hydrogen-bond donors (Lipinski definition) is 0. The van der Waals surface area contributed by atoms with Gasteiger partial charge in [0.1, 0.15) is 0 Å². The summed E-state index contributed by atoms with van der Waals surface area (Å²) < 4.78 is 0. The highest BCUT2D eigenvalue weighted by molar-refractivity contribution is 5.92. The molecule has 1 unspecified atom stereocenters. The van der Waals surface area contributed by atoms with E-state index in [1.165, 1.54) is 0 Å². The molecule has 0 aliphatic rings. The lowest BCUT2D eigenvalue weighted by atomic mass is 9.80. The molecule has 0 aromatic rings. The van der Waals surface area contributed by atoms with Gasteiger partial charge in [0.15, 0.2) is 0 Å². The number of rotatable bonds is 9. The normalized spacial score (nSPS) is 12.5. The number of amides is 2. The fourth-order valence-corrected chi connectivity index (χ4v) is 2.88. The Morgan fingerprint density at radius 3 is 1.87 bits per heavy atom. The second kappa shape index (κ2) is 8.90. The Kier molecular flexibility index (Phi) is 8.29. The Morgan fingerprint density at radius 2 is 1.43 bits per heavy atom. The summed E-state index contributed by atoms with van der Waals surface area (Å²) in [6.07, 6.45) is 1.92. The van der Waals surface area contributed by atoms with Crippen molar-refractivity contribution in [3.8, 4) is 0 Å². The summed E-state index contributed by atoms with van der Waals surface area (Å²) in [7, 11) is 3.63. The lowest BCUT2D eigenvalue weighted by Gasteiger charge is -2.32. The van der Waals surface area contributed by atoms with Crippen molar-refractivity contribution in [2.75, 3.05) is 27.2 Å². The molecule has 4 nitrogen and oxygen atoms in total. The smallest absolute Gasteiger partial charge is 0.248 e. The van der Waals surface area contributed by atoms with Gasteiger partial charge in [0.05, 0.1) is 0 Å². The minimum atomic E-state index is 0.000590. The van der Waals surface area contributed by atoms with Gasteiger partial charge in [-0.15, -0.1) is 0 Å². The second-order valence-corrected chi connectivity index (χ2v) is 7.70. The van der Waals surface area contributed by atoms with Crippen molar-refractivity contribution in [2.24, 2.45) is 11.3 Å². The van der Waals surface area contributed by atoms with E-state index in [1.54, 1.807) is 23.6 Å². The van der Waals surface area contributed by atoms with E-state index in [4.69, 9.17) is 0 Å². The van der Waals surface area contributed by atoms with Gasteiger partial charge in [0, 0.05) is 38.3 Å². The van der Waals surface area contributed by atoms with Crippen molar-refractivity contribution in [3.63, 3.8) is 0 Å². The Bertz CT molecular complexity index is 466. The number of nitrogens with zero attached hydrogens (tertiary/aromatic N) is 2. The SMILES string of the molecule is C=C(C)C(=O)N(C)CCC(C)(C)CC(C)CN(C)C(=O)C(=C)C. The minimum Gasteiger partial charge on any atom is -0.342 e. The third kappa shape index (κ3) is 8.00. The number of hydrogen-bond acceptors (Lipinski definition) is 2. The molecule has 0 rings (SSSR count). The van der Waals surface area contributed by atoms with E-state index in [2.05, 4.69) is 33.9 Å². The van der Waals surface area contributed by atoms with Gasteiger partial charge in [-0.1, -0.05) is 33.9 Å². The van der Waals surface area contributed by atoms with Crippen LogP contribution in [0.25, 0.3) is 0 Å². The average molecular weight is 322 g/mol. The van der Waals surface area contributed by atoms with Crippen molar-refractivity contribution in [2.45, 2.75) is 47.5 Å². The zero-order chi connectivity index (χ0) is 18.4. The highest BCUT2D eigenvalue weighted by Crippen LogP contribution is 2.30. The fourth-order valence-electron chi connectivity index (χ4n) is 2.88. The molecule has 4 heteroatoms. The Morgan fingerprint density at radius 1 is 1.00 bits per heavy atom. The van der Waals surface area contributed by atoms with Crippen LogP contribution in [0, 0.1) is 11.3 Å². The highest BCUT2D eigenvalue weighted by atomic mass is 16.2. The topological polar surface area (TPSA) is 40.6 Å². The zero-order valence-corrected chi connectivity index (χ0v) is 16.0. The van der Waals surface area contributed by atoms with Gasteiger partial charge in [-0.05, 0) is 38.0 Å². The van der Waals surface area contributed by atoms with Gasteiger partial charge in [0.2, 0.25) is 11.8 Å². The molecule has 2 amide bonds. The van der Waals surface area contributed by atoms with Gasteiger partial charge < -0.3 is 9.80 Å². The molecule has 0 heterocycles. The van der Waals surface area contributed by atoms with Crippen LogP contribution in [0.3, 0.4) is 0 Å². The molecule has 23 heavy (non-hydrogen) atoms. The van der Waals surface area contributed by atoms with Gasteiger partial charge in [0.25, 0.3) is 0 Å². The van der Waals surface area contributed by atoms with Crippen molar-refractivity contribution < 1.29 is 9.59 Å². The molecule has 0 aliphatic heterocycles. The molecule has 0 N–H and O–H groups in total. The van der Waals surface area contributed by atoms with Gasteiger partial charge in [-0.3, -0.25) is 9.59 Å². The third-order valence-corrected chi connectivity index (χ3v) is 4.03. The molecular formula is C19H34N2O2. The van der Waals surface area contributed by atoms with Gasteiger partial charge in [-0.25, -0.2) is 0 Å². The highest BCUT2D eigenvalue weighted by Gasteiger charge is 2.24. The number of carbonyl (C=O) groups excluding carboxylic acids is 2. The van der Waals surface area contributed by atoms with Crippen LogP contribution < -0.4 is 0 Å². The Balaban J connectivity index is 4.45. The van der Waals surface area contributed by atoms with E-state index < -0.39 is 0 Å². The summed E-state index contributed by atoms with van der Waals surface area (Å²) in [6, 6.07) is 0. The molecule has 0 fully saturated rings. The van der Waals surface area contributed by atoms with Crippen LogP contribution in [0.4, 0.5) is 0 Å². The van der Waals surface area contributed by atoms with Crippen LogP contribution in [0.15, 0.2) is 24.3 Å². The summed E-state index contributed by atoms with van der Waals surface area (Å²) in [5, 5.41) is 0. The molecule has 0 bridgehead atoms. The molecule has 0 aliphatic carbocycles. The maximum atomic E-state index is 11.9. The lowest BCUT2D eigenvalue weighted by molar-refractivity contribution is -0.127. The molecule has 0 spiro atoms. The van der Waals surface area contributed by atoms with E-state index in [1.807, 2.05) is 14.1 Å². The first kappa shape index (κ1) is 21.4. The first-order valence-electron chi connectivity index (χ1n) is 8.19. The van der Waals surface area contributed by atoms with Gasteiger partial charge in [-0.2, -0.15) is 0 Å². The third-order valence-electron chi connectivity index (χ3n) is 4.03. The average Bonchev–Trinajstić information content (AvgIpc) is 2.41. The molecule has 1 atom stereocenters. The van der Waals surface area contributed by atoms with Crippen molar-refractivity contribution in [1.29, 1.82) is 0 Å². The quantitative estimate of drug-likeness (QED) is 0.610. The molecule has 0 saturated carbocycles. The summed E-state index contributed by atoms with van der Waals surface area (Å²) in [5.74, 6) is 0.391. The zero-order valence-electron chi connectivity index (χ0n) is 16.0. The molecule has 0 saturated heterocycles. The Labute approximate surface area is 142 Å². The summed E-state index contributed by atoms with van der Waals surface area (Å²) in [4.78, 5) is 27.2. The fraction of sp³-hybridized carbons (Fsp3) is 0.684. The summed E-state index contributed by atoms with van der Waals surface area (Å²) >= 11 is 0. The van der Waals surface area contributed by atoms with E-state index in [0.29, 0.717) is 23.6 Å². The number of carbonyl (C=O) groups is 2. The van der Waals surface area contributed by atoms with Crippen LogP contribution >= 0.6 is 0 Å².